The zero-order valence-electron chi connectivity index (χ0n) is 34.0. The van der Waals surface area contributed by atoms with Gasteiger partial charge in [0.2, 0.25) is 0 Å². The zero-order chi connectivity index (χ0) is 40.3. The molecule has 56 heavy (non-hydrogen) atoms. The molecular weight excluding hydrogens is 718 g/mol. The lowest BCUT2D eigenvalue weighted by atomic mass is 10.0. The van der Waals surface area contributed by atoms with Crippen LogP contribution in [0.2, 0.25) is 0 Å². The summed E-state index contributed by atoms with van der Waals surface area (Å²) in [5.74, 6) is 0.434. The number of anilines is 1. The number of aromatic nitrogens is 2. The van der Waals surface area contributed by atoms with Gasteiger partial charge in [0.1, 0.15) is 30.2 Å². The highest BCUT2D eigenvalue weighted by atomic mass is 16.6. The third-order valence-corrected chi connectivity index (χ3v) is 9.73. The van der Waals surface area contributed by atoms with Crippen LogP contribution in [0.25, 0.3) is 0 Å². The molecule has 2 saturated heterocycles. The van der Waals surface area contributed by atoms with Crippen LogP contribution in [0.5, 0.6) is 6.01 Å². The maximum atomic E-state index is 13.2. The van der Waals surface area contributed by atoms with Gasteiger partial charge in [-0.05, 0) is 79.3 Å². The number of fused-ring (bicyclic) bond motifs is 1. The van der Waals surface area contributed by atoms with Crippen molar-refractivity contribution in [3.8, 4) is 12.1 Å². The van der Waals surface area contributed by atoms with E-state index in [0.29, 0.717) is 63.9 Å². The van der Waals surface area contributed by atoms with E-state index >= 15 is 0 Å². The van der Waals surface area contributed by atoms with Gasteiger partial charge in [-0.15, -0.1) is 0 Å². The van der Waals surface area contributed by atoms with Crippen LogP contribution < -0.4 is 9.64 Å². The van der Waals surface area contributed by atoms with E-state index in [1.807, 2.05) is 71.9 Å². The van der Waals surface area contributed by atoms with E-state index in [1.54, 1.807) is 9.80 Å². The van der Waals surface area contributed by atoms with Gasteiger partial charge in [-0.1, -0.05) is 30.3 Å². The van der Waals surface area contributed by atoms with Crippen molar-refractivity contribution in [1.82, 2.24) is 24.7 Å². The number of likely N-dealkylation sites (tertiary alicyclic amines) is 1. The van der Waals surface area contributed by atoms with Crippen molar-refractivity contribution in [3.63, 3.8) is 0 Å². The van der Waals surface area contributed by atoms with Gasteiger partial charge in [-0.3, -0.25) is 9.69 Å². The fraction of sp³-hybridized carbons (Fsp3) is 0.659. The normalized spacial score (nSPS) is 18.9. The number of carbonyl (C=O) groups is 3. The number of rotatable bonds is 14. The first-order chi connectivity index (χ1) is 26.7. The molecule has 2 fully saturated rings. The summed E-state index contributed by atoms with van der Waals surface area (Å²) >= 11 is 0. The van der Waals surface area contributed by atoms with Gasteiger partial charge < -0.3 is 38.4 Å². The van der Waals surface area contributed by atoms with E-state index in [2.05, 4.69) is 15.9 Å². The highest BCUT2D eigenvalue weighted by molar-refractivity contribution is 5.70. The van der Waals surface area contributed by atoms with Crippen LogP contribution in [0, 0.1) is 11.3 Å². The predicted molar refractivity (Wildman–Crippen MR) is 208 cm³/mol. The minimum absolute atomic E-state index is 0.139. The highest BCUT2D eigenvalue weighted by Crippen LogP contribution is 2.32. The zero-order valence-corrected chi connectivity index (χ0v) is 34.0. The molecule has 5 rings (SSSR count). The number of ether oxygens (including phenoxy) is 5. The molecule has 0 saturated carbocycles. The average Bonchev–Trinajstić information content (AvgIpc) is 3.60. The molecule has 306 valence electrons. The number of nitrogens with zero attached hydrogens (tertiary/aromatic N) is 7. The summed E-state index contributed by atoms with van der Waals surface area (Å²) in [6.07, 6.45) is 2.86. The van der Waals surface area contributed by atoms with Gasteiger partial charge in [0.15, 0.2) is 0 Å². The second-order valence-corrected chi connectivity index (χ2v) is 16.5. The molecule has 1 aromatic carbocycles. The summed E-state index contributed by atoms with van der Waals surface area (Å²) in [6.45, 7) is 16.1. The number of piperazine rings is 1. The Morgan fingerprint density at radius 2 is 1.68 bits per heavy atom. The van der Waals surface area contributed by atoms with Crippen molar-refractivity contribution >= 4 is 24.0 Å². The lowest BCUT2D eigenvalue weighted by Crippen LogP contribution is -2.56. The van der Waals surface area contributed by atoms with Crippen LogP contribution in [-0.4, -0.2) is 125 Å². The quantitative estimate of drug-likeness (QED) is 0.135. The smallest absolute Gasteiger partial charge is 0.410 e. The lowest BCUT2D eigenvalue weighted by molar-refractivity contribution is -0.156. The molecule has 0 bridgehead atoms. The fourth-order valence-electron chi connectivity index (χ4n) is 7.14. The Hall–Kier alpha value is -4.68. The summed E-state index contributed by atoms with van der Waals surface area (Å²) in [6, 6.07) is 11.8. The minimum Gasteiger partial charge on any atom is -0.462 e. The molecule has 1 aromatic heterocycles. The summed E-state index contributed by atoms with van der Waals surface area (Å²) in [5, 5.41) is 9.71. The summed E-state index contributed by atoms with van der Waals surface area (Å²) < 4.78 is 28.8. The van der Waals surface area contributed by atoms with Crippen LogP contribution in [0.15, 0.2) is 30.3 Å². The Morgan fingerprint density at radius 3 is 2.41 bits per heavy atom. The van der Waals surface area contributed by atoms with Crippen molar-refractivity contribution in [2.24, 2.45) is 0 Å². The van der Waals surface area contributed by atoms with Crippen molar-refractivity contribution in [1.29, 1.82) is 5.26 Å². The van der Waals surface area contributed by atoms with Gasteiger partial charge in [-0.2, -0.15) is 15.2 Å². The molecule has 0 aliphatic carbocycles. The Labute approximate surface area is 331 Å². The number of hydrogen-bond donors (Lipinski definition) is 0. The molecule has 0 unspecified atom stereocenters. The molecular formula is C41H59N7O8. The molecule has 4 heterocycles. The SMILES string of the molecule is CC(C)(C)OC(=O)CCOCCCN1CCC[C@H]1COc1nc2c(c(N3CCN(C(=O)OC(C)(C)C)[C@@H](CC#N)C3)n1)CCN(C(=O)OCc1ccccc1)C2. The van der Waals surface area contributed by atoms with E-state index in [-0.39, 0.29) is 44.0 Å². The molecule has 2 atom stereocenters. The van der Waals surface area contributed by atoms with Crippen LogP contribution in [0.1, 0.15) is 90.5 Å². The van der Waals surface area contributed by atoms with Crippen LogP contribution in [0.3, 0.4) is 0 Å². The molecule has 15 heteroatoms. The molecule has 0 N–H and O–H groups in total. The van der Waals surface area contributed by atoms with Crippen LogP contribution in [0.4, 0.5) is 15.4 Å². The lowest BCUT2D eigenvalue weighted by Gasteiger charge is -2.42. The number of amides is 2. The van der Waals surface area contributed by atoms with Gasteiger partial charge in [0.05, 0.1) is 43.8 Å². The van der Waals surface area contributed by atoms with Crippen molar-refractivity contribution in [3.05, 3.63) is 47.2 Å². The molecule has 3 aliphatic rings. The monoisotopic (exact) mass is 777 g/mol. The maximum absolute atomic E-state index is 13.2. The second-order valence-electron chi connectivity index (χ2n) is 16.5. The molecule has 0 spiro atoms. The number of carbonyl (C=O) groups excluding carboxylic acids is 3. The Balaban J connectivity index is 1.25. The first kappa shape index (κ1) is 42.5. The molecule has 3 aliphatic heterocycles. The molecule has 15 nitrogen and oxygen atoms in total. The third-order valence-electron chi connectivity index (χ3n) is 9.73. The first-order valence-corrected chi connectivity index (χ1v) is 19.8. The molecule has 2 aromatic rings. The maximum Gasteiger partial charge on any atom is 0.410 e. The standard InChI is InChI=1S/C41H59N7O8/c1-40(2,3)55-35(49)17-25-52-24-11-20-45-19-10-14-32(45)29-53-37-43-34-27-47(38(50)54-28-30-12-8-7-9-13-30)21-16-33(34)36(44-37)46-22-23-48(31(26-46)15-18-42)39(51)56-41(4,5)6/h7-9,12-13,31-32H,10-11,14-17,19-29H2,1-6H3/t31-,32-/m0/s1. The number of hydrogen-bond acceptors (Lipinski definition) is 13. The predicted octanol–water partition coefficient (Wildman–Crippen LogP) is 5.49. The van der Waals surface area contributed by atoms with E-state index in [4.69, 9.17) is 33.7 Å². The van der Waals surface area contributed by atoms with Gasteiger partial charge in [-0.25, -0.2) is 9.59 Å². The van der Waals surface area contributed by atoms with E-state index in [1.165, 1.54) is 0 Å². The summed E-state index contributed by atoms with van der Waals surface area (Å²) in [4.78, 5) is 55.9. The van der Waals surface area contributed by atoms with E-state index in [0.717, 1.165) is 43.5 Å². The van der Waals surface area contributed by atoms with Crippen molar-refractivity contribution < 1.29 is 38.1 Å². The van der Waals surface area contributed by atoms with Crippen LogP contribution in [-0.2, 0) is 43.3 Å². The largest absolute Gasteiger partial charge is 0.462 e. The third kappa shape index (κ3) is 12.7. The van der Waals surface area contributed by atoms with Crippen LogP contribution >= 0.6 is 0 Å². The average molecular weight is 778 g/mol. The Morgan fingerprint density at radius 1 is 0.911 bits per heavy atom. The Kier molecular flexibility index (Phi) is 14.8. The number of nitriles is 1. The summed E-state index contributed by atoms with van der Waals surface area (Å²) in [7, 11) is 0. The fourth-order valence-corrected chi connectivity index (χ4v) is 7.14. The van der Waals surface area contributed by atoms with Crippen molar-refractivity contribution in [2.75, 3.05) is 64.0 Å². The minimum atomic E-state index is -0.663. The molecule has 0 radical (unpaired) electrons. The number of benzene rings is 1. The van der Waals surface area contributed by atoms with Crippen molar-refractivity contribution in [2.45, 2.75) is 117 Å². The highest BCUT2D eigenvalue weighted by Gasteiger charge is 2.36. The van der Waals surface area contributed by atoms with E-state index < -0.39 is 29.4 Å². The van der Waals surface area contributed by atoms with E-state index in [9.17, 15) is 19.6 Å². The topological polar surface area (TPSA) is 160 Å². The number of esters is 1. The second kappa shape index (κ2) is 19.5. The summed E-state index contributed by atoms with van der Waals surface area (Å²) in [5.41, 5.74) is 1.34. The molecule has 2 amide bonds. The van der Waals surface area contributed by atoms with Gasteiger partial charge in [0, 0.05) is 50.9 Å². The Bertz CT molecular complexity index is 1670. The first-order valence-electron chi connectivity index (χ1n) is 19.8. The van der Waals surface area contributed by atoms with Gasteiger partial charge >= 0.3 is 24.2 Å². The van der Waals surface area contributed by atoms with Gasteiger partial charge in [0.25, 0.3) is 0 Å².